The van der Waals surface area contributed by atoms with E-state index in [-0.39, 0.29) is 6.61 Å². The van der Waals surface area contributed by atoms with E-state index >= 15 is 0 Å². The van der Waals surface area contributed by atoms with Gasteiger partial charge >= 0.3 is 0 Å². The summed E-state index contributed by atoms with van der Waals surface area (Å²) in [6.45, 7) is 0.309. The molecule has 5 heteroatoms. The van der Waals surface area contributed by atoms with Crippen molar-refractivity contribution in [3.05, 3.63) is 36.0 Å². The van der Waals surface area contributed by atoms with E-state index in [4.69, 9.17) is 15.1 Å². The molecule has 0 spiro atoms. The molecule has 1 aromatic carbocycles. The fourth-order valence-corrected chi connectivity index (χ4v) is 1.81. The van der Waals surface area contributed by atoms with Gasteiger partial charge in [0, 0.05) is 11.6 Å². The average molecular weight is 243 g/mol. The number of nitriles is 1. The second-order valence-corrected chi connectivity index (χ2v) is 3.67. The average Bonchev–Trinajstić information content (AvgIpc) is 2.82. The van der Waals surface area contributed by atoms with Gasteiger partial charge in [-0.1, -0.05) is 12.1 Å². The van der Waals surface area contributed by atoms with Crippen molar-refractivity contribution in [2.24, 2.45) is 0 Å². The highest BCUT2D eigenvalue weighted by Gasteiger charge is 2.13. The Kier molecular flexibility index (Phi) is 3.60. The summed E-state index contributed by atoms with van der Waals surface area (Å²) in [6, 6.07) is 11.2. The van der Waals surface area contributed by atoms with E-state index in [9.17, 15) is 0 Å². The third kappa shape index (κ3) is 2.19. The maximum atomic E-state index is 9.02. The van der Waals surface area contributed by atoms with Gasteiger partial charge in [0.05, 0.1) is 26.0 Å². The molecule has 1 heterocycles. The molecule has 0 bridgehead atoms. The number of aromatic nitrogens is 2. The van der Waals surface area contributed by atoms with Crippen LogP contribution in [0.5, 0.6) is 5.75 Å². The molecule has 5 nitrogen and oxygen atoms in total. The van der Waals surface area contributed by atoms with Gasteiger partial charge in [0.1, 0.15) is 11.8 Å². The van der Waals surface area contributed by atoms with E-state index in [1.165, 1.54) is 0 Å². The second kappa shape index (κ2) is 5.34. The summed E-state index contributed by atoms with van der Waals surface area (Å²) in [7, 11) is 1.59. The molecule has 0 atom stereocenters. The van der Waals surface area contributed by atoms with Crippen molar-refractivity contribution in [3.8, 4) is 23.1 Å². The Labute approximate surface area is 105 Å². The lowest BCUT2D eigenvalue weighted by atomic mass is 10.1. The Morgan fingerprint density at radius 1 is 1.44 bits per heavy atom. The minimum Gasteiger partial charge on any atom is -0.496 e. The van der Waals surface area contributed by atoms with Crippen LogP contribution in [0.25, 0.3) is 11.3 Å². The highest BCUT2D eigenvalue weighted by atomic mass is 16.5. The Morgan fingerprint density at radius 2 is 2.22 bits per heavy atom. The number of ether oxygens (including phenoxy) is 1. The van der Waals surface area contributed by atoms with Gasteiger partial charge in [0.2, 0.25) is 0 Å². The standard InChI is InChI=1S/C13H13N3O2/c1-18-13-5-3-2-4-11(13)12-8-10(9-14)15-16(12)6-7-17/h2-5,8,17H,6-7H2,1H3. The quantitative estimate of drug-likeness (QED) is 0.881. The van der Waals surface area contributed by atoms with Crippen LogP contribution in [0.4, 0.5) is 0 Å². The lowest BCUT2D eigenvalue weighted by Gasteiger charge is -2.09. The number of benzene rings is 1. The topological polar surface area (TPSA) is 71.1 Å². The van der Waals surface area contributed by atoms with E-state index in [1.54, 1.807) is 17.9 Å². The third-order valence-electron chi connectivity index (χ3n) is 2.59. The first-order valence-electron chi connectivity index (χ1n) is 5.52. The summed E-state index contributed by atoms with van der Waals surface area (Å²) < 4.78 is 6.90. The maximum absolute atomic E-state index is 9.02. The number of hydrogen-bond acceptors (Lipinski definition) is 4. The van der Waals surface area contributed by atoms with Crippen LogP contribution in [0.3, 0.4) is 0 Å². The normalized spacial score (nSPS) is 10.1. The number of nitrogens with zero attached hydrogens (tertiary/aromatic N) is 3. The Morgan fingerprint density at radius 3 is 2.89 bits per heavy atom. The Bertz CT molecular complexity index is 584. The second-order valence-electron chi connectivity index (χ2n) is 3.67. The number of rotatable bonds is 4. The van der Waals surface area contributed by atoms with Crippen molar-refractivity contribution < 1.29 is 9.84 Å². The molecule has 0 aliphatic rings. The Balaban J connectivity index is 2.55. The zero-order chi connectivity index (χ0) is 13.0. The molecular formula is C13H13N3O2. The first-order valence-corrected chi connectivity index (χ1v) is 5.52. The molecule has 1 N–H and O–H groups in total. The Hall–Kier alpha value is -2.32. The van der Waals surface area contributed by atoms with Gasteiger partial charge in [-0.25, -0.2) is 0 Å². The van der Waals surface area contributed by atoms with Gasteiger partial charge in [-0.2, -0.15) is 10.4 Å². The van der Waals surface area contributed by atoms with Crippen molar-refractivity contribution >= 4 is 0 Å². The highest BCUT2D eigenvalue weighted by molar-refractivity contribution is 5.68. The number of methoxy groups -OCH3 is 1. The number of hydrogen-bond donors (Lipinski definition) is 1. The summed E-state index contributed by atoms with van der Waals surface area (Å²) in [6.07, 6.45) is 0. The van der Waals surface area contributed by atoms with Crippen LogP contribution in [-0.2, 0) is 6.54 Å². The zero-order valence-corrected chi connectivity index (χ0v) is 10.00. The first-order chi connectivity index (χ1) is 8.80. The van der Waals surface area contributed by atoms with Crippen molar-refractivity contribution in [1.29, 1.82) is 5.26 Å². The molecule has 0 aliphatic carbocycles. The van der Waals surface area contributed by atoms with Crippen LogP contribution < -0.4 is 4.74 Å². The summed E-state index contributed by atoms with van der Waals surface area (Å²) in [5.74, 6) is 0.709. The minimum absolute atomic E-state index is 0.0330. The van der Waals surface area contributed by atoms with Gasteiger partial charge < -0.3 is 9.84 Å². The SMILES string of the molecule is COc1ccccc1-c1cc(C#N)nn1CCO. The molecule has 2 aromatic rings. The minimum atomic E-state index is -0.0330. The van der Waals surface area contributed by atoms with E-state index in [0.717, 1.165) is 11.3 Å². The molecule has 0 saturated carbocycles. The van der Waals surface area contributed by atoms with Crippen LogP contribution in [0, 0.1) is 11.3 Å². The molecule has 0 radical (unpaired) electrons. The van der Waals surface area contributed by atoms with E-state index in [1.807, 2.05) is 30.3 Å². The first kappa shape index (κ1) is 12.1. The largest absolute Gasteiger partial charge is 0.496 e. The van der Waals surface area contributed by atoms with Crippen LogP contribution in [0.1, 0.15) is 5.69 Å². The number of aliphatic hydroxyl groups excluding tert-OH is 1. The predicted molar refractivity (Wildman–Crippen MR) is 66.0 cm³/mol. The lowest BCUT2D eigenvalue weighted by molar-refractivity contribution is 0.270. The van der Waals surface area contributed by atoms with Crippen molar-refractivity contribution in [1.82, 2.24) is 9.78 Å². The molecule has 0 unspecified atom stereocenters. The smallest absolute Gasteiger partial charge is 0.163 e. The molecule has 1 aromatic heterocycles. The van der Waals surface area contributed by atoms with Crippen LogP contribution in [0.15, 0.2) is 30.3 Å². The maximum Gasteiger partial charge on any atom is 0.163 e. The molecule has 0 aliphatic heterocycles. The van der Waals surface area contributed by atoms with Gasteiger partial charge in [-0.05, 0) is 12.1 Å². The fraction of sp³-hybridized carbons (Fsp3) is 0.231. The monoisotopic (exact) mass is 243 g/mol. The molecule has 92 valence electrons. The van der Waals surface area contributed by atoms with Crippen LogP contribution in [0.2, 0.25) is 0 Å². The molecular weight excluding hydrogens is 230 g/mol. The fourth-order valence-electron chi connectivity index (χ4n) is 1.81. The third-order valence-corrected chi connectivity index (χ3v) is 2.59. The molecule has 0 amide bonds. The van der Waals surface area contributed by atoms with Gasteiger partial charge in [0.15, 0.2) is 5.69 Å². The summed E-state index contributed by atoms with van der Waals surface area (Å²) in [5, 5.41) is 22.0. The number of para-hydroxylation sites is 1. The molecule has 0 fully saturated rings. The summed E-state index contributed by atoms with van der Waals surface area (Å²) >= 11 is 0. The van der Waals surface area contributed by atoms with Crippen molar-refractivity contribution in [2.75, 3.05) is 13.7 Å². The molecule has 2 rings (SSSR count). The van der Waals surface area contributed by atoms with Crippen molar-refractivity contribution in [3.63, 3.8) is 0 Å². The lowest BCUT2D eigenvalue weighted by Crippen LogP contribution is -2.06. The zero-order valence-electron chi connectivity index (χ0n) is 10.00. The van der Waals surface area contributed by atoms with Gasteiger partial charge in [-0.15, -0.1) is 0 Å². The number of aliphatic hydroxyl groups is 1. The molecule has 18 heavy (non-hydrogen) atoms. The highest BCUT2D eigenvalue weighted by Crippen LogP contribution is 2.29. The predicted octanol–water partition coefficient (Wildman–Crippen LogP) is 1.42. The molecule has 0 saturated heterocycles. The van der Waals surface area contributed by atoms with Crippen LogP contribution in [-0.4, -0.2) is 28.6 Å². The van der Waals surface area contributed by atoms with Gasteiger partial charge in [0.25, 0.3) is 0 Å². The van der Waals surface area contributed by atoms with Gasteiger partial charge in [-0.3, -0.25) is 4.68 Å². The summed E-state index contributed by atoms with van der Waals surface area (Å²) in [4.78, 5) is 0. The van der Waals surface area contributed by atoms with E-state index in [2.05, 4.69) is 5.10 Å². The summed E-state index contributed by atoms with van der Waals surface area (Å²) in [5.41, 5.74) is 1.94. The van der Waals surface area contributed by atoms with E-state index < -0.39 is 0 Å². The van der Waals surface area contributed by atoms with Crippen molar-refractivity contribution in [2.45, 2.75) is 6.54 Å². The van der Waals surface area contributed by atoms with Crippen LogP contribution >= 0.6 is 0 Å². The van der Waals surface area contributed by atoms with E-state index in [0.29, 0.717) is 18.0 Å².